The lowest BCUT2D eigenvalue weighted by molar-refractivity contribution is -0.122. The van der Waals surface area contributed by atoms with Crippen LogP contribution in [0.15, 0.2) is 47.0 Å². The minimum atomic E-state index is -0.245. The van der Waals surface area contributed by atoms with E-state index in [1.165, 1.54) is 4.88 Å². The van der Waals surface area contributed by atoms with Crippen molar-refractivity contribution < 1.29 is 19.1 Å². The topological polar surface area (TPSA) is 64.6 Å². The van der Waals surface area contributed by atoms with Crippen LogP contribution >= 0.6 is 11.3 Å². The van der Waals surface area contributed by atoms with Gasteiger partial charge in [0.05, 0.1) is 14.2 Å². The Kier molecular flexibility index (Phi) is 4.74. The first-order valence-corrected chi connectivity index (χ1v) is 9.80. The van der Waals surface area contributed by atoms with Crippen molar-refractivity contribution in [2.45, 2.75) is 31.1 Å². The third-order valence-electron chi connectivity index (χ3n) is 5.29. The fourth-order valence-corrected chi connectivity index (χ4v) is 4.87. The second-order valence-corrected chi connectivity index (χ2v) is 7.83. The SMILES string of the molecule is COc1ccc(C2CC(=O)NC3=C2C(=O)CC(c2cccs2)C3)cc1OC. The van der Waals surface area contributed by atoms with Gasteiger partial charge < -0.3 is 14.8 Å². The highest BCUT2D eigenvalue weighted by molar-refractivity contribution is 7.10. The van der Waals surface area contributed by atoms with Crippen molar-refractivity contribution in [3.63, 3.8) is 0 Å². The minimum absolute atomic E-state index is 0.0480. The molecule has 0 spiro atoms. The van der Waals surface area contributed by atoms with Crippen LogP contribution in [-0.2, 0) is 9.59 Å². The van der Waals surface area contributed by atoms with Crippen molar-refractivity contribution in [2.24, 2.45) is 0 Å². The number of methoxy groups -OCH3 is 2. The van der Waals surface area contributed by atoms with E-state index in [0.717, 1.165) is 16.8 Å². The van der Waals surface area contributed by atoms with Gasteiger partial charge in [-0.3, -0.25) is 9.59 Å². The predicted molar refractivity (Wildman–Crippen MR) is 103 cm³/mol. The van der Waals surface area contributed by atoms with Crippen molar-refractivity contribution >= 4 is 23.0 Å². The van der Waals surface area contributed by atoms with Gasteiger partial charge in [0.15, 0.2) is 17.3 Å². The number of allylic oxidation sites excluding steroid dienone is 2. The Balaban J connectivity index is 1.73. The summed E-state index contributed by atoms with van der Waals surface area (Å²) >= 11 is 1.66. The molecule has 140 valence electrons. The molecule has 1 N–H and O–H groups in total. The summed E-state index contributed by atoms with van der Waals surface area (Å²) in [5.41, 5.74) is 2.42. The molecule has 1 aliphatic heterocycles. The molecule has 1 aliphatic carbocycles. The Morgan fingerprint density at radius 2 is 1.85 bits per heavy atom. The normalized spacial score (nSPS) is 22.3. The second kappa shape index (κ2) is 7.19. The first-order valence-electron chi connectivity index (χ1n) is 8.92. The van der Waals surface area contributed by atoms with E-state index in [-0.39, 0.29) is 29.9 Å². The molecule has 0 bridgehead atoms. The molecular formula is C21H21NO4S. The number of rotatable bonds is 4. The maximum absolute atomic E-state index is 13.0. The number of nitrogens with one attached hydrogen (secondary N) is 1. The second-order valence-electron chi connectivity index (χ2n) is 6.86. The Labute approximate surface area is 162 Å². The van der Waals surface area contributed by atoms with Crippen LogP contribution in [0.3, 0.4) is 0 Å². The molecule has 2 heterocycles. The van der Waals surface area contributed by atoms with Crippen LogP contribution in [0.2, 0.25) is 0 Å². The van der Waals surface area contributed by atoms with Gasteiger partial charge in [0.25, 0.3) is 0 Å². The predicted octanol–water partition coefficient (Wildman–Crippen LogP) is 3.77. The largest absolute Gasteiger partial charge is 0.493 e. The average Bonchev–Trinajstić information content (AvgIpc) is 3.21. The van der Waals surface area contributed by atoms with Gasteiger partial charge in [-0.25, -0.2) is 0 Å². The summed E-state index contributed by atoms with van der Waals surface area (Å²) in [6, 6.07) is 9.66. The maximum Gasteiger partial charge on any atom is 0.225 e. The lowest BCUT2D eigenvalue weighted by Crippen LogP contribution is -2.38. The lowest BCUT2D eigenvalue weighted by atomic mass is 9.74. The highest BCUT2D eigenvalue weighted by Crippen LogP contribution is 2.44. The summed E-state index contributed by atoms with van der Waals surface area (Å²) in [5.74, 6) is 1.19. The first-order chi connectivity index (χ1) is 13.1. The number of carbonyl (C=O) groups is 2. The van der Waals surface area contributed by atoms with E-state index < -0.39 is 0 Å². The van der Waals surface area contributed by atoms with Crippen LogP contribution in [0.25, 0.3) is 0 Å². The van der Waals surface area contributed by atoms with Crippen molar-refractivity contribution in [3.05, 3.63) is 57.4 Å². The lowest BCUT2D eigenvalue weighted by Gasteiger charge is -2.34. The molecule has 0 radical (unpaired) electrons. The molecular weight excluding hydrogens is 362 g/mol. The number of thiophene rings is 1. The minimum Gasteiger partial charge on any atom is -0.493 e. The smallest absolute Gasteiger partial charge is 0.225 e. The molecule has 27 heavy (non-hydrogen) atoms. The number of amides is 1. The van der Waals surface area contributed by atoms with Crippen LogP contribution in [0, 0.1) is 0 Å². The fourth-order valence-electron chi connectivity index (χ4n) is 4.04. The number of ketones is 1. The van der Waals surface area contributed by atoms with Gasteiger partial charge in [0.1, 0.15) is 0 Å². The summed E-state index contributed by atoms with van der Waals surface area (Å²) in [5, 5.41) is 4.98. The van der Waals surface area contributed by atoms with E-state index in [0.29, 0.717) is 24.3 Å². The van der Waals surface area contributed by atoms with Crippen LogP contribution in [0.4, 0.5) is 0 Å². The highest BCUT2D eigenvalue weighted by atomic mass is 32.1. The molecule has 5 nitrogen and oxygen atoms in total. The molecule has 0 saturated carbocycles. The third-order valence-corrected chi connectivity index (χ3v) is 6.33. The van der Waals surface area contributed by atoms with Crippen LogP contribution < -0.4 is 14.8 Å². The molecule has 1 amide bonds. The zero-order chi connectivity index (χ0) is 19.0. The Hall–Kier alpha value is -2.60. The van der Waals surface area contributed by atoms with E-state index >= 15 is 0 Å². The molecule has 1 aromatic carbocycles. The summed E-state index contributed by atoms with van der Waals surface area (Å²) in [7, 11) is 3.17. The molecule has 0 saturated heterocycles. The zero-order valence-electron chi connectivity index (χ0n) is 15.3. The van der Waals surface area contributed by atoms with E-state index in [1.807, 2.05) is 29.6 Å². The summed E-state index contributed by atoms with van der Waals surface area (Å²) < 4.78 is 10.7. The van der Waals surface area contributed by atoms with E-state index in [9.17, 15) is 9.59 Å². The van der Waals surface area contributed by atoms with E-state index in [4.69, 9.17) is 9.47 Å². The number of ether oxygens (including phenoxy) is 2. The van der Waals surface area contributed by atoms with Gasteiger partial charge in [-0.05, 0) is 35.6 Å². The highest BCUT2D eigenvalue weighted by Gasteiger charge is 2.38. The number of hydrogen-bond donors (Lipinski definition) is 1. The molecule has 6 heteroatoms. The zero-order valence-corrected chi connectivity index (χ0v) is 16.1. The van der Waals surface area contributed by atoms with Crippen molar-refractivity contribution in [2.75, 3.05) is 14.2 Å². The molecule has 2 aromatic rings. The Morgan fingerprint density at radius 1 is 1.04 bits per heavy atom. The van der Waals surface area contributed by atoms with Crippen molar-refractivity contribution in [1.29, 1.82) is 0 Å². The Bertz CT molecular complexity index is 916. The maximum atomic E-state index is 13.0. The monoisotopic (exact) mass is 383 g/mol. The van der Waals surface area contributed by atoms with Crippen molar-refractivity contribution in [3.8, 4) is 11.5 Å². The quantitative estimate of drug-likeness (QED) is 0.873. The third kappa shape index (κ3) is 3.25. The van der Waals surface area contributed by atoms with E-state index in [1.54, 1.807) is 25.6 Å². The van der Waals surface area contributed by atoms with Crippen LogP contribution in [0.1, 0.15) is 41.5 Å². The van der Waals surface area contributed by atoms with Gasteiger partial charge in [-0.1, -0.05) is 12.1 Å². The first kappa shape index (κ1) is 17.8. The summed E-state index contributed by atoms with van der Waals surface area (Å²) in [6.07, 6.45) is 1.44. The molecule has 2 unspecified atom stereocenters. The molecule has 0 fully saturated rings. The van der Waals surface area contributed by atoms with Gasteiger partial charge in [0, 0.05) is 40.8 Å². The Morgan fingerprint density at radius 3 is 2.56 bits per heavy atom. The van der Waals surface area contributed by atoms with Crippen molar-refractivity contribution in [1.82, 2.24) is 5.32 Å². The summed E-state index contributed by atoms with van der Waals surface area (Å²) in [4.78, 5) is 26.6. The molecule has 2 atom stereocenters. The number of hydrogen-bond acceptors (Lipinski definition) is 5. The van der Waals surface area contributed by atoms with Gasteiger partial charge >= 0.3 is 0 Å². The number of carbonyl (C=O) groups excluding carboxylic acids is 2. The van der Waals surface area contributed by atoms with Gasteiger partial charge in [-0.15, -0.1) is 11.3 Å². The number of Topliss-reactive ketones (excluding diaryl/α,β-unsaturated/α-hetero) is 1. The van der Waals surface area contributed by atoms with Crippen LogP contribution in [-0.4, -0.2) is 25.9 Å². The summed E-state index contributed by atoms with van der Waals surface area (Å²) in [6.45, 7) is 0. The molecule has 1 aromatic heterocycles. The number of benzene rings is 1. The van der Waals surface area contributed by atoms with E-state index in [2.05, 4.69) is 11.4 Å². The molecule has 2 aliphatic rings. The fraction of sp³-hybridized carbons (Fsp3) is 0.333. The standard InChI is InChI=1S/C21H21NO4S/c1-25-17-6-5-12(10-18(17)26-2)14-11-20(24)22-15-8-13(9-16(23)21(14)15)19-4-3-7-27-19/h3-7,10,13-14H,8-9,11H2,1-2H3,(H,22,24). The van der Waals surface area contributed by atoms with Gasteiger partial charge in [-0.2, -0.15) is 0 Å². The van der Waals surface area contributed by atoms with Gasteiger partial charge in [0.2, 0.25) is 5.91 Å². The molecule has 4 rings (SSSR count). The van der Waals surface area contributed by atoms with Crippen LogP contribution in [0.5, 0.6) is 11.5 Å². The average molecular weight is 383 g/mol.